The third kappa shape index (κ3) is 3.49. The third-order valence-corrected chi connectivity index (χ3v) is 3.33. The molecule has 1 aliphatic rings. The quantitative estimate of drug-likeness (QED) is 0.471. The van der Waals surface area contributed by atoms with E-state index in [9.17, 15) is 4.79 Å². The van der Waals surface area contributed by atoms with Gasteiger partial charge in [0.1, 0.15) is 14.3 Å². The minimum Gasteiger partial charge on any atom is -0.454 e. The number of aldehydes is 1. The molecule has 1 atom stereocenters. The molecule has 0 saturated heterocycles. The van der Waals surface area contributed by atoms with Gasteiger partial charge in [0.05, 0.1) is 0 Å². The average molecular weight is 272 g/mol. The molecule has 3 nitrogen and oxygen atoms in total. The Morgan fingerprint density at radius 1 is 1.26 bits per heavy atom. The Kier molecular flexibility index (Phi) is 3.77. The SMILES string of the molecule is C[Si](C)(C)C#Cc1ccccc1C1OC=C(C=O)O1. The van der Waals surface area contributed by atoms with Crippen molar-refractivity contribution in [2.75, 3.05) is 0 Å². The molecule has 1 heterocycles. The van der Waals surface area contributed by atoms with E-state index in [-0.39, 0.29) is 5.76 Å². The highest BCUT2D eigenvalue weighted by molar-refractivity contribution is 6.83. The molecule has 19 heavy (non-hydrogen) atoms. The Morgan fingerprint density at radius 3 is 2.63 bits per heavy atom. The van der Waals surface area contributed by atoms with E-state index in [1.54, 1.807) is 0 Å². The van der Waals surface area contributed by atoms with Gasteiger partial charge < -0.3 is 9.47 Å². The van der Waals surface area contributed by atoms with Crippen molar-refractivity contribution in [1.82, 2.24) is 0 Å². The number of rotatable bonds is 2. The Morgan fingerprint density at radius 2 is 2.00 bits per heavy atom. The molecule has 0 N–H and O–H groups in total. The fourth-order valence-corrected chi connectivity index (χ4v) is 2.08. The molecule has 0 amide bonds. The maximum absolute atomic E-state index is 10.6. The van der Waals surface area contributed by atoms with Crippen molar-refractivity contribution in [3.8, 4) is 11.5 Å². The topological polar surface area (TPSA) is 35.5 Å². The highest BCUT2D eigenvalue weighted by Gasteiger charge is 2.23. The van der Waals surface area contributed by atoms with Crippen LogP contribution in [0.1, 0.15) is 17.4 Å². The molecule has 0 spiro atoms. The molecular formula is C15H16O3Si. The standard InChI is InChI=1S/C15H16O3Si/c1-19(2,3)9-8-12-6-4-5-7-14(12)15-17-11-13(10-16)18-15/h4-7,10-11,15H,1-3H3. The fraction of sp³-hybridized carbons (Fsp3) is 0.267. The van der Waals surface area contributed by atoms with Gasteiger partial charge in [0, 0.05) is 11.1 Å². The lowest BCUT2D eigenvalue weighted by Crippen LogP contribution is -2.16. The second-order valence-electron chi connectivity index (χ2n) is 5.31. The van der Waals surface area contributed by atoms with Gasteiger partial charge in [-0.15, -0.1) is 5.54 Å². The zero-order chi connectivity index (χ0) is 13.9. The van der Waals surface area contributed by atoms with Gasteiger partial charge in [-0.3, -0.25) is 4.79 Å². The number of benzene rings is 1. The van der Waals surface area contributed by atoms with Crippen molar-refractivity contribution in [3.63, 3.8) is 0 Å². The summed E-state index contributed by atoms with van der Waals surface area (Å²) in [6, 6.07) is 7.68. The van der Waals surface area contributed by atoms with Crippen LogP contribution in [0, 0.1) is 11.5 Å². The molecule has 1 aliphatic heterocycles. The van der Waals surface area contributed by atoms with E-state index in [4.69, 9.17) is 9.47 Å². The smallest absolute Gasteiger partial charge is 0.268 e. The minimum absolute atomic E-state index is 0.206. The first-order chi connectivity index (χ1) is 8.99. The highest BCUT2D eigenvalue weighted by Crippen LogP contribution is 2.29. The number of allylic oxidation sites excluding steroid dienone is 1. The number of hydrogen-bond acceptors (Lipinski definition) is 3. The maximum Gasteiger partial charge on any atom is 0.268 e. The van der Waals surface area contributed by atoms with E-state index >= 15 is 0 Å². The van der Waals surface area contributed by atoms with Crippen LogP contribution >= 0.6 is 0 Å². The largest absolute Gasteiger partial charge is 0.454 e. The normalized spacial score (nSPS) is 17.6. The molecule has 2 rings (SSSR count). The molecule has 0 saturated carbocycles. The maximum atomic E-state index is 10.6. The molecule has 1 unspecified atom stereocenters. The van der Waals surface area contributed by atoms with Crippen molar-refractivity contribution in [1.29, 1.82) is 0 Å². The zero-order valence-electron chi connectivity index (χ0n) is 11.3. The van der Waals surface area contributed by atoms with Crippen molar-refractivity contribution in [2.45, 2.75) is 25.9 Å². The lowest BCUT2D eigenvalue weighted by Gasteiger charge is -2.13. The molecular weight excluding hydrogens is 256 g/mol. The van der Waals surface area contributed by atoms with Crippen LogP contribution in [0.4, 0.5) is 0 Å². The second kappa shape index (κ2) is 5.33. The van der Waals surface area contributed by atoms with Gasteiger partial charge >= 0.3 is 0 Å². The van der Waals surface area contributed by atoms with Crippen molar-refractivity contribution in [3.05, 3.63) is 47.4 Å². The molecule has 1 aromatic carbocycles. The number of carbonyl (C=O) groups excluding carboxylic acids is 1. The number of hydrogen-bond donors (Lipinski definition) is 0. The van der Waals surface area contributed by atoms with Gasteiger partial charge in [0.15, 0.2) is 12.0 Å². The summed E-state index contributed by atoms with van der Waals surface area (Å²) in [7, 11) is -1.43. The molecule has 1 aromatic rings. The predicted octanol–water partition coefficient (Wildman–Crippen LogP) is 3.00. The summed E-state index contributed by atoms with van der Waals surface area (Å²) >= 11 is 0. The van der Waals surface area contributed by atoms with E-state index in [1.165, 1.54) is 6.26 Å². The summed E-state index contributed by atoms with van der Waals surface area (Å²) in [5.74, 6) is 3.41. The van der Waals surface area contributed by atoms with Crippen LogP contribution in [-0.2, 0) is 14.3 Å². The van der Waals surface area contributed by atoms with Gasteiger partial charge in [-0.05, 0) is 6.07 Å². The second-order valence-corrected chi connectivity index (χ2v) is 10.1. The summed E-state index contributed by atoms with van der Waals surface area (Å²) in [5, 5.41) is 0. The lowest BCUT2D eigenvalue weighted by atomic mass is 10.1. The molecule has 4 heteroatoms. The van der Waals surface area contributed by atoms with Gasteiger partial charge in [-0.1, -0.05) is 43.8 Å². The Bertz CT molecular complexity index is 573. The Labute approximate surface area is 114 Å². The van der Waals surface area contributed by atoms with Crippen molar-refractivity contribution < 1.29 is 14.3 Å². The Hall–Kier alpha value is -1.99. The fourth-order valence-electron chi connectivity index (χ4n) is 1.57. The summed E-state index contributed by atoms with van der Waals surface area (Å²) < 4.78 is 10.7. The zero-order valence-corrected chi connectivity index (χ0v) is 12.3. The highest BCUT2D eigenvalue weighted by atomic mass is 28.3. The monoisotopic (exact) mass is 272 g/mol. The first-order valence-electron chi connectivity index (χ1n) is 6.09. The third-order valence-electron chi connectivity index (χ3n) is 2.45. The number of ether oxygens (including phenoxy) is 2. The van der Waals surface area contributed by atoms with Crippen LogP contribution in [0.3, 0.4) is 0 Å². The molecule has 0 aliphatic carbocycles. The van der Waals surface area contributed by atoms with E-state index in [0.717, 1.165) is 11.1 Å². The lowest BCUT2D eigenvalue weighted by molar-refractivity contribution is -0.110. The molecule has 0 radical (unpaired) electrons. The van der Waals surface area contributed by atoms with Gasteiger partial charge in [-0.25, -0.2) is 0 Å². The summed E-state index contributed by atoms with van der Waals surface area (Å²) in [6.45, 7) is 6.58. The van der Waals surface area contributed by atoms with Crippen LogP contribution in [-0.4, -0.2) is 14.4 Å². The number of carbonyl (C=O) groups is 1. The van der Waals surface area contributed by atoms with E-state index < -0.39 is 14.4 Å². The van der Waals surface area contributed by atoms with Crippen LogP contribution in [0.5, 0.6) is 0 Å². The summed E-state index contributed by atoms with van der Waals surface area (Å²) in [4.78, 5) is 10.6. The molecule has 0 bridgehead atoms. The molecule has 98 valence electrons. The molecule has 0 fully saturated rings. The van der Waals surface area contributed by atoms with Crippen LogP contribution in [0.15, 0.2) is 36.3 Å². The first-order valence-corrected chi connectivity index (χ1v) is 9.59. The van der Waals surface area contributed by atoms with Crippen LogP contribution < -0.4 is 0 Å². The minimum atomic E-state index is -1.43. The van der Waals surface area contributed by atoms with Crippen LogP contribution in [0.25, 0.3) is 0 Å². The van der Waals surface area contributed by atoms with E-state index in [2.05, 4.69) is 31.1 Å². The Balaban J connectivity index is 2.27. The van der Waals surface area contributed by atoms with Gasteiger partial charge in [-0.2, -0.15) is 0 Å². The summed E-state index contributed by atoms with van der Waals surface area (Å²) in [6.07, 6.45) is 1.39. The van der Waals surface area contributed by atoms with E-state index in [1.807, 2.05) is 24.3 Å². The van der Waals surface area contributed by atoms with Gasteiger partial charge in [0.25, 0.3) is 6.29 Å². The first kappa shape index (κ1) is 13.4. The van der Waals surface area contributed by atoms with Crippen molar-refractivity contribution in [2.24, 2.45) is 0 Å². The van der Waals surface area contributed by atoms with Crippen molar-refractivity contribution >= 4 is 14.4 Å². The summed E-state index contributed by atoms with van der Waals surface area (Å²) in [5.41, 5.74) is 5.05. The van der Waals surface area contributed by atoms with Crippen LogP contribution in [0.2, 0.25) is 19.6 Å². The average Bonchev–Trinajstić information content (AvgIpc) is 2.84. The van der Waals surface area contributed by atoms with E-state index in [0.29, 0.717) is 6.29 Å². The van der Waals surface area contributed by atoms with Gasteiger partial charge in [0.2, 0.25) is 0 Å². The molecule has 0 aromatic heterocycles. The predicted molar refractivity (Wildman–Crippen MR) is 75.7 cm³/mol.